The number of hydrogen-bond acceptors (Lipinski definition) is 3. The second-order valence-corrected chi connectivity index (χ2v) is 4.34. The normalized spacial score (nSPS) is 22.1. The highest BCUT2D eigenvalue weighted by Crippen LogP contribution is 2.20. The van der Waals surface area contributed by atoms with E-state index < -0.39 is 0 Å². The van der Waals surface area contributed by atoms with Crippen LogP contribution in [0, 0.1) is 5.92 Å². The van der Waals surface area contributed by atoms with E-state index in [1.54, 1.807) is 6.33 Å². The van der Waals surface area contributed by atoms with Crippen molar-refractivity contribution in [3.63, 3.8) is 0 Å². The molecule has 1 fully saturated rings. The summed E-state index contributed by atoms with van der Waals surface area (Å²) < 4.78 is 2.04. The van der Waals surface area contributed by atoms with Crippen LogP contribution < -0.4 is 5.32 Å². The third kappa shape index (κ3) is 1.95. The Bertz CT molecular complexity index is 286. The molecule has 78 valence electrons. The van der Waals surface area contributed by atoms with Gasteiger partial charge in [0.25, 0.3) is 0 Å². The van der Waals surface area contributed by atoms with Crippen LogP contribution in [0.4, 0.5) is 0 Å². The average Bonchev–Trinajstić information content (AvgIpc) is 2.70. The van der Waals surface area contributed by atoms with Gasteiger partial charge in [0.05, 0.1) is 6.04 Å². The summed E-state index contributed by atoms with van der Waals surface area (Å²) in [4.78, 5) is 4.34. The Kier molecular flexibility index (Phi) is 2.82. The zero-order chi connectivity index (χ0) is 9.97. The molecule has 1 aliphatic rings. The van der Waals surface area contributed by atoms with Gasteiger partial charge in [0.2, 0.25) is 0 Å². The van der Waals surface area contributed by atoms with Crippen LogP contribution in [0.3, 0.4) is 0 Å². The quantitative estimate of drug-likeness (QED) is 0.790. The van der Waals surface area contributed by atoms with E-state index in [4.69, 9.17) is 0 Å². The van der Waals surface area contributed by atoms with E-state index >= 15 is 0 Å². The molecular weight excluding hydrogens is 176 g/mol. The van der Waals surface area contributed by atoms with Crippen LogP contribution in [-0.4, -0.2) is 21.3 Å². The molecule has 1 N–H and O–H groups in total. The minimum Gasteiger partial charge on any atom is -0.307 e. The van der Waals surface area contributed by atoms with E-state index in [-0.39, 0.29) is 0 Å². The molecule has 14 heavy (non-hydrogen) atoms. The van der Waals surface area contributed by atoms with E-state index in [0.29, 0.717) is 12.0 Å². The Morgan fingerprint density at radius 3 is 3.14 bits per heavy atom. The largest absolute Gasteiger partial charge is 0.307 e. The summed E-state index contributed by atoms with van der Waals surface area (Å²) in [6.07, 6.45) is 4.10. The molecule has 1 aromatic heterocycles. The van der Waals surface area contributed by atoms with Crippen LogP contribution in [-0.2, 0) is 6.54 Å². The molecule has 0 aliphatic carbocycles. The molecule has 2 rings (SSSR count). The van der Waals surface area contributed by atoms with Gasteiger partial charge in [-0.2, -0.15) is 5.10 Å². The van der Waals surface area contributed by atoms with Crippen LogP contribution >= 0.6 is 0 Å². The maximum Gasteiger partial charge on any atom is 0.143 e. The smallest absolute Gasteiger partial charge is 0.143 e. The van der Waals surface area contributed by atoms with E-state index in [1.165, 1.54) is 12.8 Å². The van der Waals surface area contributed by atoms with Crippen molar-refractivity contribution in [3.8, 4) is 0 Å². The molecule has 1 atom stereocenters. The molecule has 1 aliphatic heterocycles. The standard InChI is InChI=1S/C10H18N4/c1-8(2)6-14-10(12-7-13-14)9-4-3-5-11-9/h7-9,11H,3-6H2,1-2H3. The fourth-order valence-corrected chi connectivity index (χ4v) is 1.93. The lowest BCUT2D eigenvalue weighted by Gasteiger charge is -2.12. The molecule has 0 spiro atoms. The topological polar surface area (TPSA) is 42.7 Å². The first kappa shape index (κ1) is 9.65. The second kappa shape index (κ2) is 4.09. The highest BCUT2D eigenvalue weighted by molar-refractivity contribution is 4.97. The molecule has 1 aromatic rings. The highest BCUT2D eigenvalue weighted by Gasteiger charge is 2.21. The van der Waals surface area contributed by atoms with Crippen molar-refractivity contribution in [2.75, 3.05) is 6.54 Å². The van der Waals surface area contributed by atoms with Gasteiger partial charge in [0, 0.05) is 6.54 Å². The van der Waals surface area contributed by atoms with Gasteiger partial charge < -0.3 is 5.32 Å². The van der Waals surface area contributed by atoms with Crippen molar-refractivity contribution in [3.05, 3.63) is 12.2 Å². The SMILES string of the molecule is CC(C)Cn1ncnc1C1CCCN1. The minimum atomic E-state index is 0.427. The van der Waals surface area contributed by atoms with Gasteiger partial charge in [-0.1, -0.05) is 13.8 Å². The van der Waals surface area contributed by atoms with Crippen molar-refractivity contribution < 1.29 is 0 Å². The molecule has 0 radical (unpaired) electrons. The summed E-state index contributed by atoms with van der Waals surface area (Å²) in [5.41, 5.74) is 0. The molecule has 2 heterocycles. The molecular formula is C10H18N4. The fraction of sp³-hybridized carbons (Fsp3) is 0.800. The molecule has 0 saturated carbocycles. The van der Waals surface area contributed by atoms with E-state index in [0.717, 1.165) is 18.9 Å². The molecule has 0 aromatic carbocycles. The van der Waals surface area contributed by atoms with Gasteiger partial charge in [0.1, 0.15) is 12.2 Å². The predicted octanol–water partition coefficient (Wildman–Crippen LogP) is 1.36. The number of aromatic nitrogens is 3. The first-order valence-electron chi connectivity index (χ1n) is 5.38. The van der Waals surface area contributed by atoms with Crippen LogP contribution in [0.1, 0.15) is 38.6 Å². The Balaban J connectivity index is 2.12. The summed E-state index contributed by atoms with van der Waals surface area (Å²) in [7, 11) is 0. The molecule has 1 saturated heterocycles. The maximum absolute atomic E-state index is 4.34. The number of hydrogen-bond donors (Lipinski definition) is 1. The van der Waals surface area contributed by atoms with Crippen LogP contribution in [0.15, 0.2) is 6.33 Å². The predicted molar refractivity (Wildman–Crippen MR) is 54.8 cm³/mol. The molecule has 0 amide bonds. The summed E-state index contributed by atoms with van der Waals surface area (Å²) in [6, 6.07) is 0.427. The van der Waals surface area contributed by atoms with E-state index in [2.05, 4.69) is 29.2 Å². The lowest BCUT2D eigenvalue weighted by atomic mass is 10.2. The summed E-state index contributed by atoms with van der Waals surface area (Å²) in [5.74, 6) is 1.73. The molecule has 0 bridgehead atoms. The van der Waals surface area contributed by atoms with Gasteiger partial charge in [-0.15, -0.1) is 0 Å². The lowest BCUT2D eigenvalue weighted by Crippen LogP contribution is -2.20. The summed E-state index contributed by atoms with van der Waals surface area (Å²) in [5, 5.41) is 7.72. The van der Waals surface area contributed by atoms with E-state index in [1.807, 2.05) is 4.68 Å². The Labute approximate surface area is 84.7 Å². The zero-order valence-corrected chi connectivity index (χ0v) is 8.90. The van der Waals surface area contributed by atoms with Crippen molar-refractivity contribution >= 4 is 0 Å². The van der Waals surface area contributed by atoms with Gasteiger partial charge >= 0.3 is 0 Å². The van der Waals surface area contributed by atoms with Gasteiger partial charge in [-0.05, 0) is 25.3 Å². The second-order valence-electron chi connectivity index (χ2n) is 4.34. The third-order valence-electron chi connectivity index (χ3n) is 2.56. The van der Waals surface area contributed by atoms with E-state index in [9.17, 15) is 0 Å². The van der Waals surface area contributed by atoms with Crippen LogP contribution in [0.2, 0.25) is 0 Å². The van der Waals surface area contributed by atoms with Crippen LogP contribution in [0.5, 0.6) is 0 Å². The molecule has 1 unspecified atom stereocenters. The third-order valence-corrected chi connectivity index (χ3v) is 2.56. The molecule has 4 heteroatoms. The highest BCUT2D eigenvalue weighted by atomic mass is 15.3. The summed E-state index contributed by atoms with van der Waals surface area (Å²) >= 11 is 0. The minimum absolute atomic E-state index is 0.427. The summed E-state index contributed by atoms with van der Waals surface area (Å²) in [6.45, 7) is 6.48. The van der Waals surface area contributed by atoms with Crippen molar-refractivity contribution in [1.82, 2.24) is 20.1 Å². The number of nitrogens with one attached hydrogen (secondary N) is 1. The first-order valence-corrected chi connectivity index (χ1v) is 5.38. The van der Waals surface area contributed by atoms with Crippen molar-refractivity contribution in [1.29, 1.82) is 0 Å². The lowest BCUT2D eigenvalue weighted by molar-refractivity contribution is 0.441. The Hall–Kier alpha value is -0.900. The van der Waals surface area contributed by atoms with Gasteiger partial charge in [-0.25, -0.2) is 9.67 Å². The zero-order valence-electron chi connectivity index (χ0n) is 8.90. The Morgan fingerprint density at radius 1 is 1.64 bits per heavy atom. The number of nitrogens with zero attached hydrogens (tertiary/aromatic N) is 3. The fourth-order valence-electron chi connectivity index (χ4n) is 1.93. The van der Waals surface area contributed by atoms with Gasteiger partial charge in [-0.3, -0.25) is 0 Å². The monoisotopic (exact) mass is 194 g/mol. The number of rotatable bonds is 3. The Morgan fingerprint density at radius 2 is 2.50 bits per heavy atom. The van der Waals surface area contributed by atoms with Crippen molar-refractivity contribution in [2.24, 2.45) is 5.92 Å². The molecule has 4 nitrogen and oxygen atoms in total. The average molecular weight is 194 g/mol. The first-order chi connectivity index (χ1) is 6.77. The maximum atomic E-state index is 4.34. The van der Waals surface area contributed by atoms with Crippen molar-refractivity contribution in [2.45, 2.75) is 39.3 Å². The van der Waals surface area contributed by atoms with Gasteiger partial charge in [0.15, 0.2) is 0 Å². The van der Waals surface area contributed by atoms with Crippen LogP contribution in [0.25, 0.3) is 0 Å².